The summed E-state index contributed by atoms with van der Waals surface area (Å²) in [6.45, 7) is 10.2. The molecular weight excluding hydrogens is 420 g/mol. The Morgan fingerprint density at radius 2 is 2.13 bits per heavy atom. The van der Waals surface area contributed by atoms with Gasteiger partial charge in [0.2, 0.25) is 5.91 Å². The first-order valence-electron chi connectivity index (χ1n) is 10.4. The molecule has 30 heavy (non-hydrogen) atoms. The Labute approximate surface area is 188 Å². The Kier molecular flexibility index (Phi) is 7.82. The predicted molar refractivity (Wildman–Crippen MR) is 120 cm³/mol. The van der Waals surface area contributed by atoms with E-state index in [4.69, 9.17) is 16.3 Å². The second-order valence-corrected chi connectivity index (χ2v) is 10.1. The van der Waals surface area contributed by atoms with Crippen molar-refractivity contribution >= 4 is 29.3 Å². The van der Waals surface area contributed by atoms with E-state index in [1.54, 1.807) is 11.8 Å². The van der Waals surface area contributed by atoms with Crippen LogP contribution in [0.1, 0.15) is 51.9 Å². The van der Waals surface area contributed by atoms with Crippen molar-refractivity contribution in [2.45, 2.75) is 70.1 Å². The summed E-state index contributed by atoms with van der Waals surface area (Å²) in [5.41, 5.74) is 0.820. The van der Waals surface area contributed by atoms with Gasteiger partial charge in [-0.25, -0.2) is 0 Å². The number of rotatable bonds is 8. The number of aromatic nitrogens is 3. The zero-order valence-corrected chi connectivity index (χ0v) is 19.7. The van der Waals surface area contributed by atoms with Crippen molar-refractivity contribution < 1.29 is 9.53 Å². The fraction of sp³-hybridized carbons (Fsp3) is 0.591. The Hall–Kier alpha value is -1.57. The monoisotopic (exact) mass is 450 g/mol. The molecule has 1 amide bonds. The van der Waals surface area contributed by atoms with Crippen LogP contribution >= 0.6 is 23.4 Å². The Morgan fingerprint density at radius 1 is 1.37 bits per heavy atom. The Morgan fingerprint density at radius 3 is 2.83 bits per heavy atom. The van der Waals surface area contributed by atoms with Crippen molar-refractivity contribution in [1.82, 2.24) is 20.1 Å². The molecule has 0 radical (unpaired) electrons. The van der Waals surface area contributed by atoms with Crippen molar-refractivity contribution in [2.75, 3.05) is 6.61 Å². The van der Waals surface area contributed by atoms with Crippen LogP contribution in [-0.4, -0.2) is 32.9 Å². The molecule has 2 aromatic rings. The molecule has 1 aromatic heterocycles. The molecule has 1 aliphatic heterocycles. The minimum Gasteiger partial charge on any atom is -0.376 e. The zero-order chi connectivity index (χ0) is 21.7. The molecule has 0 bridgehead atoms. The van der Waals surface area contributed by atoms with Crippen LogP contribution in [0.15, 0.2) is 29.4 Å². The van der Waals surface area contributed by atoms with Crippen LogP contribution in [0.2, 0.25) is 5.02 Å². The average Bonchev–Trinajstić information content (AvgIpc) is 3.05. The Balaban J connectivity index is 1.65. The van der Waals surface area contributed by atoms with Crippen LogP contribution < -0.4 is 5.32 Å². The second-order valence-electron chi connectivity index (χ2n) is 8.80. The van der Waals surface area contributed by atoms with E-state index >= 15 is 0 Å². The van der Waals surface area contributed by atoms with Gasteiger partial charge in [0.1, 0.15) is 0 Å². The van der Waals surface area contributed by atoms with E-state index in [9.17, 15) is 4.79 Å². The van der Waals surface area contributed by atoms with E-state index in [-0.39, 0.29) is 17.4 Å². The van der Waals surface area contributed by atoms with Gasteiger partial charge < -0.3 is 14.6 Å². The third-order valence-electron chi connectivity index (χ3n) is 5.14. The van der Waals surface area contributed by atoms with E-state index in [1.807, 2.05) is 38.1 Å². The van der Waals surface area contributed by atoms with Crippen molar-refractivity contribution in [3.8, 4) is 0 Å². The summed E-state index contributed by atoms with van der Waals surface area (Å²) in [7, 11) is 0. The van der Waals surface area contributed by atoms with Gasteiger partial charge in [0.05, 0.1) is 12.1 Å². The van der Waals surface area contributed by atoms with Gasteiger partial charge in [-0.1, -0.05) is 55.4 Å². The second kappa shape index (κ2) is 10.2. The van der Waals surface area contributed by atoms with Gasteiger partial charge in [0.15, 0.2) is 11.0 Å². The lowest BCUT2D eigenvalue weighted by Gasteiger charge is -2.34. The summed E-state index contributed by atoms with van der Waals surface area (Å²) in [6.07, 6.45) is 1.49. The lowest BCUT2D eigenvalue weighted by atomic mass is 9.88. The maximum atomic E-state index is 12.7. The van der Waals surface area contributed by atoms with Crippen LogP contribution in [0, 0.1) is 11.8 Å². The highest BCUT2D eigenvalue weighted by Gasteiger charge is 2.32. The highest BCUT2D eigenvalue weighted by Crippen LogP contribution is 2.29. The third kappa shape index (κ3) is 6.22. The van der Waals surface area contributed by atoms with Crippen LogP contribution in [0.4, 0.5) is 0 Å². The molecule has 6 nitrogen and oxygen atoms in total. The van der Waals surface area contributed by atoms with Gasteiger partial charge >= 0.3 is 0 Å². The quantitative estimate of drug-likeness (QED) is 0.590. The van der Waals surface area contributed by atoms with E-state index in [0.717, 1.165) is 46.7 Å². The molecule has 1 saturated heterocycles. The predicted octanol–water partition coefficient (Wildman–Crippen LogP) is 4.70. The number of nitrogens with zero attached hydrogens (tertiary/aromatic N) is 3. The summed E-state index contributed by atoms with van der Waals surface area (Å²) >= 11 is 7.90. The molecule has 1 aliphatic rings. The third-order valence-corrected chi connectivity index (χ3v) is 6.53. The number of hydrogen-bond acceptors (Lipinski definition) is 5. The minimum atomic E-state index is -0.250. The highest BCUT2D eigenvalue weighted by atomic mass is 35.5. The van der Waals surface area contributed by atoms with Gasteiger partial charge in [0, 0.05) is 29.8 Å². The number of amides is 1. The molecule has 8 heteroatoms. The first-order chi connectivity index (χ1) is 14.2. The number of halogens is 1. The normalized spacial score (nSPS) is 18.5. The summed E-state index contributed by atoms with van der Waals surface area (Å²) in [6, 6.07) is 7.83. The van der Waals surface area contributed by atoms with Gasteiger partial charge in [-0.15, -0.1) is 10.2 Å². The first kappa shape index (κ1) is 23.1. The highest BCUT2D eigenvalue weighted by molar-refractivity contribution is 7.98. The van der Waals surface area contributed by atoms with E-state index in [0.29, 0.717) is 19.1 Å². The van der Waals surface area contributed by atoms with Gasteiger partial charge in [-0.2, -0.15) is 0 Å². The topological polar surface area (TPSA) is 69.0 Å². The Bertz CT molecular complexity index is 869. The number of nitrogens with one attached hydrogen (secondary N) is 1. The first-order valence-corrected chi connectivity index (χ1v) is 11.8. The average molecular weight is 451 g/mol. The molecule has 2 heterocycles. The van der Waals surface area contributed by atoms with Gasteiger partial charge in [-0.3, -0.25) is 4.79 Å². The molecule has 0 unspecified atom stereocenters. The molecule has 1 N–H and O–H groups in total. The minimum absolute atomic E-state index is 0.0238. The summed E-state index contributed by atoms with van der Waals surface area (Å²) in [5.74, 6) is 1.98. The number of ether oxygens (including phenoxy) is 1. The van der Waals surface area contributed by atoms with Gasteiger partial charge in [-0.05, 0) is 44.2 Å². The van der Waals surface area contributed by atoms with E-state index in [1.165, 1.54) is 0 Å². The summed E-state index contributed by atoms with van der Waals surface area (Å²) in [5, 5.41) is 13.4. The summed E-state index contributed by atoms with van der Waals surface area (Å²) < 4.78 is 7.84. The molecule has 0 spiro atoms. The number of thioether (sulfide) groups is 1. The fourth-order valence-corrected chi connectivity index (χ4v) is 4.88. The fourth-order valence-electron chi connectivity index (χ4n) is 3.63. The number of carbonyl (C=O) groups excluding carboxylic acids is 1. The molecule has 0 saturated carbocycles. The van der Waals surface area contributed by atoms with E-state index < -0.39 is 0 Å². The van der Waals surface area contributed by atoms with Crippen molar-refractivity contribution in [3.05, 3.63) is 40.7 Å². The SMILES string of the molecule is CC(C)Cn1c(CNC(=O)[C@@H]2CCOC(C)(C)C2)nnc1SCc1ccccc1Cl. The molecule has 1 fully saturated rings. The maximum absolute atomic E-state index is 12.7. The van der Waals surface area contributed by atoms with Crippen molar-refractivity contribution in [2.24, 2.45) is 11.8 Å². The number of hydrogen-bond donors (Lipinski definition) is 1. The van der Waals surface area contributed by atoms with Crippen molar-refractivity contribution in [3.63, 3.8) is 0 Å². The van der Waals surface area contributed by atoms with Crippen molar-refractivity contribution in [1.29, 1.82) is 0 Å². The zero-order valence-electron chi connectivity index (χ0n) is 18.2. The molecule has 1 aromatic carbocycles. The molecule has 1 atom stereocenters. The standard InChI is InChI=1S/C22H31ClN4O2S/c1-15(2)13-27-19(12-24-20(28)16-9-10-29-22(3,4)11-16)25-26-21(27)30-14-17-7-5-6-8-18(17)23/h5-8,15-16H,9-14H2,1-4H3,(H,24,28)/t16-/m1/s1. The number of carbonyl (C=O) groups is 1. The largest absolute Gasteiger partial charge is 0.376 e. The van der Waals surface area contributed by atoms with E-state index in [2.05, 4.69) is 33.9 Å². The van der Waals surface area contributed by atoms with Gasteiger partial charge in [0.25, 0.3) is 0 Å². The molecular formula is C22H31ClN4O2S. The lowest BCUT2D eigenvalue weighted by Crippen LogP contribution is -2.41. The van der Waals surface area contributed by atoms with Crippen LogP contribution in [0.25, 0.3) is 0 Å². The molecule has 164 valence electrons. The van der Waals surface area contributed by atoms with Crippen LogP contribution in [-0.2, 0) is 28.4 Å². The molecule has 3 rings (SSSR count). The summed E-state index contributed by atoms with van der Waals surface area (Å²) in [4.78, 5) is 12.7. The lowest BCUT2D eigenvalue weighted by molar-refractivity contribution is -0.135. The molecule has 0 aliphatic carbocycles. The van der Waals surface area contributed by atoms with Crippen LogP contribution in [0.5, 0.6) is 0 Å². The maximum Gasteiger partial charge on any atom is 0.223 e. The van der Waals surface area contributed by atoms with Crippen LogP contribution in [0.3, 0.4) is 0 Å². The smallest absolute Gasteiger partial charge is 0.223 e. The number of benzene rings is 1.